The Balaban J connectivity index is 2.31. The number of nitrogens with zero attached hydrogens (tertiary/aromatic N) is 4. The van der Waals surface area contributed by atoms with Crippen molar-refractivity contribution in [1.82, 2.24) is 9.55 Å². The van der Waals surface area contributed by atoms with Crippen LogP contribution < -0.4 is 5.73 Å². The van der Waals surface area contributed by atoms with Gasteiger partial charge in [-0.1, -0.05) is 15.9 Å². The van der Waals surface area contributed by atoms with E-state index in [9.17, 15) is 0 Å². The number of fused-ring (bicyclic) bond motifs is 1. The average molecular weight is 338 g/mol. The van der Waals surface area contributed by atoms with Crippen molar-refractivity contribution in [3.63, 3.8) is 0 Å². The zero-order valence-electron chi connectivity index (χ0n) is 10.7. The Labute approximate surface area is 129 Å². The minimum atomic E-state index is 0.311. The van der Waals surface area contributed by atoms with Crippen LogP contribution in [0.3, 0.4) is 0 Å². The fourth-order valence-corrected chi connectivity index (χ4v) is 2.55. The molecule has 0 aliphatic rings. The number of nitrogens with two attached hydrogens (primary N) is 1. The van der Waals surface area contributed by atoms with E-state index in [1.54, 1.807) is 22.8 Å². The molecule has 3 rings (SSSR count). The van der Waals surface area contributed by atoms with Gasteiger partial charge in [-0.3, -0.25) is 4.57 Å². The van der Waals surface area contributed by atoms with Crippen LogP contribution in [0.5, 0.6) is 0 Å². The van der Waals surface area contributed by atoms with E-state index in [4.69, 9.17) is 16.3 Å². The van der Waals surface area contributed by atoms with Gasteiger partial charge in [-0.05, 0) is 36.4 Å². The highest BCUT2D eigenvalue weighted by Gasteiger charge is 2.12. The summed E-state index contributed by atoms with van der Waals surface area (Å²) >= 11 is 3.42. The number of anilines is 1. The molecule has 0 atom stereocenters. The van der Waals surface area contributed by atoms with Gasteiger partial charge in [0.05, 0.1) is 27.8 Å². The summed E-state index contributed by atoms with van der Waals surface area (Å²) in [6.45, 7) is 0. The number of rotatable bonds is 1. The summed E-state index contributed by atoms with van der Waals surface area (Å²) in [5, 5.41) is 18.1. The number of nitriles is 2. The predicted octanol–water partition coefficient (Wildman–Crippen LogP) is 3.11. The quantitative estimate of drug-likeness (QED) is 0.738. The van der Waals surface area contributed by atoms with Crippen molar-refractivity contribution in [1.29, 1.82) is 10.5 Å². The Morgan fingerprint density at radius 1 is 1.05 bits per heavy atom. The molecule has 1 heterocycles. The Morgan fingerprint density at radius 3 is 2.52 bits per heavy atom. The number of hydrogen-bond donors (Lipinski definition) is 1. The lowest BCUT2D eigenvalue weighted by Crippen LogP contribution is -2.01. The minimum Gasteiger partial charge on any atom is -0.369 e. The van der Waals surface area contributed by atoms with Crippen LogP contribution in [-0.4, -0.2) is 9.55 Å². The van der Waals surface area contributed by atoms with Crippen LogP contribution in [0.4, 0.5) is 5.95 Å². The summed E-state index contributed by atoms with van der Waals surface area (Å²) in [5.74, 6) is 0.330. The van der Waals surface area contributed by atoms with Crippen molar-refractivity contribution >= 4 is 32.9 Å². The van der Waals surface area contributed by atoms with Crippen molar-refractivity contribution < 1.29 is 0 Å². The molecule has 6 heteroatoms. The number of imidazole rings is 1. The molecule has 21 heavy (non-hydrogen) atoms. The van der Waals surface area contributed by atoms with Crippen molar-refractivity contribution in [2.75, 3.05) is 5.73 Å². The molecule has 3 aromatic rings. The van der Waals surface area contributed by atoms with Crippen LogP contribution in [0.15, 0.2) is 40.9 Å². The molecule has 0 spiro atoms. The van der Waals surface area contributed by atoms with Crippen LogP contribution in [-0.2, 0) is 0 Å². The molecule has 0 saturated carbocycles. The molecule has 0 aliphatic carbocycles. The molecular weight excluding hydrogens is 330 g/mol. The molecule has 100 valence electrons. The van der Waals surface area contributed by atoms with Crippen molar-refractivity contribution in [3.8, 4) is 17.8 Å². The Hall–Kier alpha value is -2.83. The molecule has 0 radical (unpaired) electrons. The fourth-order valence-electron chi connectivity index (χ4n) is 2.20. The normalized spacial score (nSPS) is 10.2. The van der Waals surface area contributed by atoms with E-state index in [0.717, 1.165) is 15.5 Å². The van der Waals surface area contributed by atoms with Crippen LogP contribution in [0, 0.1) is 22.7 Å². The van der Waals surface area contributed by atoms with E-state index in [-0.39, 0.29) is 0 Å². The maximum absolute atomic E-state index is 9.13. The van der Waals surface area contributed by atoms with Gasteiger partial charge in [0.25, 0.3) is 0 Å². The largest absolute Gasteiger partial charge is 0.369 e. The van der Waals surface area contributed by atoms with Gasteiger partial charge < -0.3 is 5.73 Å². The molecule has 1 aromatic heterocycles. The highest BCUT2D eigenvalue weighted by molar-refractivity contribution is 9.10. The summed E-state index contributed by atoms with van der Waals surface area (Å²) in [7, 11) is 0. The highest BCUT2D eigenvalue weighted by Crippen LogP contribution is 2.26. The predicted molar refractivity (Wildman–Crippen MR) is 82.6 cm³/mol. The second-order valence-corrected chi connectivity index (χ2v) is 5.31. The Morgan fingerprint density at radius 2 is 1.81 bits per heavy atom. The smallest absolute Gasteiger partial charge is 0.205 e. The molecule has 2 aromatic carbocycles. The number of halogens is 1. The molecule has 0 aliphatic heterocycles. The average Bonchev–Trinajstić information content (AvgIpc) is 2.81. The van der Waals surface area contributed by atoms with E-state index in [0.29, 0.717) is 22.8 Å². The van der Waals surface area contributed by atoms with Gasteiger partial charge in [-0.2, -0.15) is 10.5 Å². The van der Waals surface area contributed by atoms with Gasteiger partial charge in [-0.25, -0.2) is 4.98 Å². The molecule has 0 bridgehead atoms. The van der Waals surface area contributed by atoms with Crippen molar-refractivity contribution in [3.05, 3.63) is 52.0 Å². The first-order valence-corrected chi connectivity index (χ1v) is 6.81. The Kier molecular flexibility index (Phi) is 3.09. The fraction of sp³-hybridized carbons (Fsp3) is 0. The van der Waals surface area contributed by atoms with Gasteiger partial charge >= 0.3 is 0 Å². The maximum atomic E-state index is 9.13. The zero-order chi connectivity index (χ0) is 15.0. The maximum Gasteiger partial charge on any atom is 0.205 e. The zero-order valence-corrected chi connectivity index (χ0v) is 12.3. The van der Waals surface area contributed by atoms with Crippen molar-refractivity contribution in [2.24, 2.45) is 0 Å². The molecule has 2 N–H and O–H groups in total. The lowest BCUT2D eigenvalue weighted by molar-refractivity contribution is 1.11. The third-order valence-corrected chi connectivity index (χ3v) is 3.64. The second-order valence-electron chi connectivity index (χ2n) is 4.39. The van der Waals surface area contributed by atoms with Gasteiger partial charge in [0.15, 0.2) is 0 Å². The highest BCUT2D eigenvalue weighted by atomic mass is 79.9. The first kappa shape index (κ1) is 13.2. The first-order valence-electron chi connectivity index (χ1n) is 6.02. The second kappa shape index (κ2) is 4.93. The third-order valence-electron chi connectivity index (χ3n) is 3.14. The van der Waals surface area contributed by atoms with Gasteiger partial charge in [0, 0.05) is 4.47 Å². The number of nitrogen functional groups attached to an aromatic ring is 1. The van der Waals surface area contributed by atoms with Crippen molar-refractivity contribution in [2.45, 2.75) is 0 Å². The van der Waals surface area contributed by atoms with Crippen LogP contribution in [0.25, 0.3) is 16.7 Å². The van der Waals surface area contributed by atoms with Crippen LogP contribution >= 0.6 is 15.9 Å². The molecule has 5 nitrogen and oxygen atoms in total. The SMILES string of the molecule is N#Cc1ccc(-n2c(N)nc3ccc(Br)cc32)cc1C#N. The first-order chi connectivity index (χ1) is 10.1. The van der Waals surface area contributed by atoms with E-state index < -0.39 is 0 Å². The Bertz CT molecular complexity index is 943. The summed E-state index contributed by atoms with van der Waals surface area (Å²) < 4.78 is 2.66. The van der Waals surface area contributed by atoms with E-state index in [1.165, 1.54) is 0 Å². The van der Waals surface area contributed by atoms with E-state index in [1.807, 2.05) is 30.3 Å². The molecular formula is C15H8BrN5. The standard InChI is InChI=1S/C15H8BrN5/c16-11-2-4-13-14(6-11)21(15(19)20-13)12-3-1-9(7-17)10(5-12)8-18/h1-6H,(H2,19,20). The molecule has 0 fully saturated rings. The summed E-state index contributed by atoms with van der Waals surface area (Å²) in [6.07, 6.45) is 0. The van der Waals surface area contributed by atoms with Gasteiger partial charge in [0.2, 0.25) is 5.95 Å². The molecule has 0 unspecified atom stereocenters. The van der Waals surface area contributed by atoms with Gasteiger partial charge in [0.1, 0.15) is 12.1 Å². The third kappa shape index (κ3) is 2.12. The van der Waals surface area contributed by atoms with E-state index in [2.05, 4.69) is 20.9 Å². The lowest BCUT2D eigenvalue weighted by atomic mass is 10.1. The topological polar surface area (TPSA) is 91.4 Å². The number of hydrogen-bond acceptors (Lipinski definition) is 4. The monoisotopic (exact) mass is 337 g/mol. The summed E-state index contributed by atoms with van der Waals surface area (Å²) in [6, 6.07) is 14.7. The molecule has 0 saturated heterocycles. The minimum absolute atomic E-state index is 0.311. The number of benzene rings is 2. The van der Waals surface area contributed by atoms with Crippen LogP contribution in [0.1, 0.15) is 11.1 Å². The summed E-state index contributed by atoms with van der Waals surface area (Å²) in [4.78, 5) is 4.30. The van der Waals surface area contributed by atoms with Gasteiger partial charge in [-0.15, -0.1) is 0 Å². The van der Waals surface area contributed by atoms with Crippen LogP contribution in [0.2, 0.25) is 0 Å². The molecule has 0 amide bonds. The number of aromatic nitrogens is 2. The van der Waals surface area contributed by atoms with E-state index >= 15 is 0 Å². The summed E-state index contributed by atoms with van der Waals surface area (Å²) in [5.41, 5.74) is 8.93. The lowest BCUT2D eigenvalue weighted by Gasteiger charge is -2.07.